The molecule has 0 aromatic carbocycles. The second-order valence-electron chi connectivity index (χ2n) is 5.28. The van der Waals surface area contributed by atoms with Crippen molar-refractivity contribution in [2.24, 2.45) is 16.7 Å². The fourth-order valence-electron chi connectivity index (χ4n) is 2.29. The number of rotatable bonds is 5. The van der Waals surface area contributed by atoms with Gasteiger partial charge in [-0.1, -0.05) is 27.7 Å². The van der Waals surface area contributed by atoms with E-state index >= 15 is 0 Å². The molecular weight excluding hydrogens is 162 g/mol. The average Bonchev–Trinajstić information content (AvgIpc) is 2.39. The van der Waals surface area contributed by atoms with E-state index in [9.17, 15) is 0 Å². The van der Waals surface area contributed by atoms with E-state index in [4.69, 9.17) is 5.11 Å². The van der Waals surface area contributed by atoms with E-state index in [0.29, 0.717) is 17.4 Å². The molecule has 2 N–H and O–H groups in total. The topological polar surface area (TPSA) is 32.3 Å². The lowest BCUT2D eigenvalue weighted by molar-refractivity contribution is 0.285. The van der Waals surface area contributed by atoms with Crippen molar-refractivity contribution in [3.63, 3.8) is 0 Å². The van der Waals surface area contributed by atoms with Gasteiger partial charge in [0.1, 0.15) is 0 Å². The number of aliphatic hydroxyl groups excluding tert-OH is 1. The van der Waals surface area contributed by atoms with E-state index in [2.05, 4.69) is 33.0 Å². The summed E-state index contributed by atoms with van der Waals surface area (Å²) in [5, 5.41) is 12.0. The van der Waals surface area contributed by atoms with Crippen LogP contribution in [0.25, 0.3) is 0 Å². The van der Waals surface area contributed by atoms with Crippen molar-refractivity contribution in [3.8, 4) is 0 Å². The summed E-state index contributed by atoms with van der Waals surface area (Å²) < 4.78 is 0. The average molecular weight is 185 g/mol. The Balaban J connectivity index is 2.19. The van der Waals surface area contributed by atoms with Crippen molar-refractivity contribution in [1.29, 1.82) is 0 Å². The van der Waals surface area contributed by atoms with Crippen LogP contribution >= 0.6 is 0 Å². The highest BCUT2D eigenvalue weighted by atomic mass is 16.3. The Labute approximate surface area is 81.7 Å². The zero-order valence-corrected chi connectivity index (χ0v) is 9.35. The van der Waals surface area contributed by atoms with E-state index in [0.717, 1.165) is 25.4 Å². The summed E-state index contributed by atoms with van der Waals surface area (Å²) in [4.78, 5) is 0. The molecule has 0 atom stereocenters. The Morgan fingerprint density at radius 3 is 2.08 bits per heavy atom. The highest BCUT2D eigenvalue weighted by Gasteiger charge is 2.63. The third-order valence-electron chi connectivity index (χ3n) is 4.18. The molecule has 0 aromatic rings. The van der Waals surface area contributed by atoms with Crippen LogP contribution < -0.4 is 5.32 Å². The summed E-state index contributed by atoms with van der Waals surface area (Å²) in [6, 6.07) is 0. The minimum absolute atomic E-state index is 0.296. The van der Waals surface area contributed by atoms with Crippen molar-refractivity contribution in [1.82, 2.24) is 5.32 Å². The second-order valence-corrected chi connectivity index (χ2v) is 5.28. The molecule has 0 spiro atoms. The van der Waals surface area contributed by atoms with Crippen LogP contribution in [0.1, 0.15) is 34.1 Å². The SMILES string of the molecule is CC1(C)C(CNCCCO)C1(C)C. The molecule has 1 saturated carbocycles. The van der Waals surface area contributed by atoms with Crippen LogP contribution in [0.5, 0.6) is 0 Å². The molecular formula is C11H23NO. The molecule has 0 bridgehead atoms. The summed E-state index contributed by atoms with van der Waals surface area (Å²) >= 11 is 0. The molecule has 0 heterocycles. The molecule has 2 heteroatoms. The zero-order chi connectivity index (χ0) is 10.1. The maximum absolute atomic E-state index is 8.61. The molecule has 1 fully saturated rings. The number of hydrogen-bond donors (Lipinski definition) is 2. The van der Waals surface area contributed by atoms with Crippen LogP contribution in [0, 0.1) is 16.7 Å². The molecule has 1 rings (SSSR count). The van der Waals surface area contributed by atoms with E-state index in [1.54, 1.807) is 0 Å². The summed E-state index contributed by atoms with van der Waals surface area (Å²) in [5.74, 6) is 0.790. The molecule has 0 saturated heterocycles. The van der Waals surface area contributed by atoms with Gasteiger partial charge in [-0.05, 0) is 36.3 Å². The van der Waals surface area contributed by atoms with Crippen LogP contribution in [0.3, 0.4) is 0 Å². The smallest absolute Gasteiger partial charge is 0.0443 e. The fraction of sp³-hybridized carbons (Fsp3) is 1.00. The minimum Gasteiger partial charge on any atom is -0.396 e. The third kappa shape index (κ3) is 1.89. The van der Waals surface area contributed by atoms with Gasteiger partial charge in [-0.25, -0.2) is 0 Å². The Morgan fingerprint density at radius 2 is 1.69 bits per heavy atom. The monoisotopic (exact) mass is 185 g/mol. The lowest BCUT2D eigenvalue weighted by Crippen LogP contribution is -2.21. The molecule has 0 aliphatic heterocycles. The van der Waals surface area contributed by atoms with Gasteiger partial charge < -0.3 is 10.4 Å². The molecule has 13 heavy (non-hydrogen) atoms. The Bertz CT molecular complexity index is 161. The maximum Gasteiger partial charge on any atom is 0.0443 e. The van der Waals surface area contributed by atoms with E-state index in [1.807, 2.05) is 0 Å². The van der Waals surface area contributed by atoms with Gasteiger partial charge in [0, 0.05) is 6.61 Å². The van der Waals surface area contributed by atoms with E-state index < -0.39 is 0 Å². The van der Waals surface area contributed by atoms with Crippen LogP contribution in [0.4, 0.5) is 0 Å². The highest BCUT2D eigenvalue weighted by Crippen LogP contribution is 2.67. The normalized spacial score (nSPS) is 24.7. The Kier molecular flexibility index (Phi) is 3.03. The lowest BCUT2D eigenvalue weighted by atomic mass is 10.0. The van der Waals surface area contributed by atoms with Crippen molar-refractivity contribution in [3.05, 3.63) is 0 Å². The molecule has 1 aliphatic rings. The second kappa shape index (κ2) is 3.58. The van der Waals surface area contributed by atoms with Crippen molar-refractivity contribution in [2.45, 2.75) is 34.1 Å². The first kappa shape index (κ1) is 11.0. The predicted molar refractivity (Wildman–Crippen MR) is 55.6 cm³/mol. The molecule has 0 unspecified atom stereocenters. The van der Waals surface area contributed by atoms with Crippen molar-refractivity contribution >= 4 is 0 Å². The van der Waals surface area contributed by atoms with Gasteiger partial charge in [0.25, 0.3) is 0 Å². The van der Waals surface area contributed by atoms with Gasteiger partial charge in [0.2, 0.25) is 0 Å². The van der Waals surface area contributed by atoms with Crippen molar-refractivity contribution < 1.29 is 5.11 Å². The summed E-state index contributed by atoms with van der Waals surface area (Å²) in [5.41, 5.74) is 0.971. The van der Waals surface area contributed by atoms with Crippen LogP contribution in [0.15, 0.2) is 0 Å². The lowest BCUT2D eigenvalue weighted by Gasteiger charge is -2.04. The quantitative estimate of drug-likeness (QED) is 0.638. The fourth-order valence-corrected chi connectivity index (χ4v) is 2.29. The van der Waals surface area contributed by atoms with E-state index in [-0.39, 0.29) is 0 Å². The van der Waals surface area contributed by atoms with Gasteiger partial charge >= 0.3 is 0 Å². The van der Waals surface area contributed by atoms with Gasteiger partial charge in [-0.15, -0.1) is 0 Å². The van der Waals surface area contributed by atoms with Crippen LogP contribution in [-0.2, 0) is 0 Å². The van der Waals surface area contributed by atoms with Gasteiger partial charge in [-0.2, -0.15) is 0 Å². The van der Waals surface area contributed by atoms with E-state index in [1.165, 1.54) is 0 Å². The summed E-state index contributed by atoms with van der Waals surface area (Å²) in [6.45, 7) is 11.7. The van der Waals surface area contributed by atoms with Crippen molar-refractivity contribution in [2.75, 3.05) is 19.7 Å². The van der Waals surface area contributed by atoms with Gasteiger partial charge in [0.05, 0.1) is 0 Å². The molecule has 78 valence electrons. The van der Waals surface area contributed by atoms with Crippen LogP contribution in [-0.4, -0.2) is 24.8 Å². The standard InChI is InChI=1S/C11H23NO/c1-10(2)9(11(10,3)4)8-12-6-5-7-13/h9,12-13H,5-8H2,1-4H3. The summed E-state index contributed by atoms with van der Waals surface area (Å²) in [7, 11) is 0. The number of aliphatic hydroxyl groups is 1. The highest BCUT2D eigenvalue weighted by molar-refractivity contribution is 5.12. The molecule has 0 radical (unpaired) electrons. The number of hydrogen-bond acceptors (Lipinski definition) is 2. The largest absolute Gasteiger partial charge is 0.396 e. The first-order chi connectivity index (χ1) is 5.94. The first-order valence-electron chi connectivity index (χ1n) is 5.26. The predicted octanol–water partition coefficient (Wildman–Crippen LogP) is 1.64. The molecule has 0 aromatic heterocycles. The molecule has 2 nitrogen and oxygen atoms in total. The van der Waals surface area contributed by atoms with Crippen LogP contribution in [0.2, 0.25) is 0 Å². The Hall–Kier alpha value is -0.0800. The van der Waals surface area contributed by atoms with Gasteiger partial charge in [-0.3, -0.25) is 0 Å². The third-order valence-corrected chi connectivity index (χ3v) is 4.18. The zero-order valence-electron chi connectivity index (χ0n) is 9.35. The number of nitrogens with one attached hydrogen (secondary N) is 1. The Morgan fingerprint density at radius 1 is 1.15 bits per heavy atom. The maximum atomic E-state index is 8.61. The first-order valence-corrected chi connectivity index (χ1v) is 5.26. The summed E-state index contributed by atoms with van der Waals surface area (Å²) in [6.07, 6.45) is 0.869. The molecule has 1 aliphatic carbocycles. The molecule has 0 amide bonds. The minimum atomic E-state index is 0.296. The van der Waals surface area contributed by atoms with Gasteiger partial charge in [0.15, 0.2) is 0 Å².